The highest BCUT2D eigenvalue weighted by atomic mass is 16.5. The van der Waals surface area contributed by atoms with Crippen molar-refractivity contribution in [2.75, 3.05) is 13.2 Å². The van der Waals surface area contributed by atoms with Gasteiger partial charge in [-0.25, -0.2) is 0 Å². The second kappa shape index (κ2) is 5.87. The van der Waals surface area contributed by atoms with Gasteiger partial charge in [0.05, 0.1) is 0 Å². The van der Waals surface area contributed by atoms with E-state index in [1.54, 1.807) is 0 Å². The maximum absolute atomic E-state index is 11.0. The summed E-state index contributed by atoms with van der Waals surface area (Å²) in [5.41, 5.74) is 1.15. The number of carboxylic acids is 1. The molecule has 1 atom stereocenters. The number of aryl methyl sites for hydroxylation is 1. The van der Waals surface area contributed by atoms with Crippen LogP contribution in [0.25, 0.3) is 0 Å². The van der Waals surface area contributed by atoms with Crippen LogP contribution >= 0.6 is 0 Å². The van der Waals surface area contributed by atoms with Crippen LogP contribution in [0.15, 0.2) is 24.3 Å². The molecule has 1 unspecified atom stereocenters. The summed E-state index contributed by atoms with van der Waals surface area (Å²) < 4.78 is 5.56. The van der Waals surface area contributed by atoms with E-state index >= 15 is 0 Å². The average molecular weight is 249 g/mol. The zero-order valence-electron chi connectivity index (χ0n) is 10.6. The lowest BCUT2D eigenvalue weighted by molar-refractivity contribution is -0.140. The molecular weight excluding hydrogens is 230 g/mol. The molecule has 1 aromatic carbocycles. The van der Waals surface area contributed by atoms with Crippen LogP contribution in [0.2, 0.25) is 0 Å². The number of carbonyl (C=O) groups is 1. The first-order valence-electron chi connectivity index (χ1n) is 6.32. The summed E-state index contributed by atoms with van der Waals surface area (Å²) in [6, 6.07) is 7.42. The van der Waals surface area contributed by atoms with Crippen LogP contribution in [0.5, 0.6) is 5.75 Å². The second-order valence-electron chi connectivity index (χ2n) is 4.77. The molecule has 0 saturated heterocycles. The second-order valence-corrected chi connectivity index (χ2v) is 4.77. The van der Waals surface area contributed by atoms with Crippen LogP contribution in [-0.4, -0.2) is 30.3 Å². The van der Waals surface area contributed by atoms with Gasteiger partial charge in [-0.05, 0) is 43.4 Å². The lowest BCUT2D eigenvalue weighted by Gasteiger charge is -2.14. The van der Waals surface area contributed by atoms with E-state index in [0.29, 0.717) is 19.1 Å². The smallest absolute Gasteiger partial charge is 0.320 e. The molecule has 0 heterocycles. The Kier molecular flexibility index (Phi) is 4.20. The van der Waals surface area contributed by atoms with E-state index in [2.05, 4.69) is 5.32 Å². The minimum Gasteiger partial charge on any atom is -0.492 e. The van der Waals surface area contributed by atoms with Gasteiger partial charge in [0.1, 0.15) is 18.4 Å². The standard InChI is InChI=1S/C14H19NO3/c1-10-3-2-4-12(9-10)18-8-7-15-13(14(16)17)11-5-6-11/h2-4,9,11,13,15H,5-8H2,1H3,(H,16,17). The Morgan fingerprint density at radius 1 is 1.56 bits per heavy atom. The minimum absolute atomic E-state index is 0.307. The van der Waals surface area contributed by atoms with Crippen molar-refractivity contribution in [3.8, 4) is 5.75 Å². The normalized spacial score (nSPS) is 16.3. The topological polar surface area (TPSA) is 58.6 Å². The number of ether oxygens (including phenoxy) is 1. The highest BCUT2D eigenvalue weighted by Gasteiger charge is 2.35. The molecule has 0 aromatic heterocycles. The largest absolute Gasteiger partial charge is 0.492 e. The number of nitrogens with one attached hydrogen (secondary N) is 1. The van der Waals surface area contributed by atoms with Crippen LogP contribution in [0.1, 0.15) is 18.4 Å². The zero-order valence-corrected chi connectivity index (χ0v) is 10.6. The molecule has 0 bridgehead atoms. The highest BCUT2D eigenvalue weighted by Crippen LogP contribution is 2.32. The van der Waals surface area contributed by atoms with E-state index in [1.807, 2.05) is 31.2 Å². The van der Waals surface area contributed by atoms with Crippen molar-refractivity contribution in [2.45, 2.75) is 25.8 Å². The summed E-state index contributed by atoms with van der Waals surface area (Å²) in [6.45, 7) is 3.06. The van der Waals surface area contributed by atoms with Crippen LogP contribution in [-0.2, 0) is 4.79 Å². The summed E-state index contributed by atoms with van der Waals surface area (Å²) >= 11 is 0. The third-order valence-electron chi connectivity index (χ3n) is 3.08. The molecule has 98 valence electrons. The Morgan fingerprint density at radius 2 is 2.33 bits per heavy atom. The van der Waals surface area contributed by atoms with Crippen LogP contribution in [0, 0.1) is 12.8 Å². The molecule has 0 spiro atoms. The molecule has 1 aliphatic rings. The van der Waals surface area contributed by atoms with Gasteiger partial charge in [0, 0.05) is 6.54 Å². The number of hydrogen-bond donors (Lipinski definition) is 2. The molecule has 1 saturated carbocycles. The third kappa shape index (κ3) is 3.74. The Morgan fingerprint density at radius 3 is 2.94 bits per heavy atom. The first-order chi connectivity index (χ1) is 8.66. The first-order valence-corrected chi connectivity index (χ1v) is 6.32. The number of carboxylic acid groups (broad SMARTS) is 1. The fraction of sp³-hybridized carbons (Fsp3) is 0.500. The van der Waals surface area contributed by atoms with Gasteiger partial charge >= 0.3 is 5.97 Å². The number of rotatable bonds is 7. The maximum Gasteiger partial charge on any atom is 0.320 e. The van der Waals surface area contributed by atoms with Gasteiger partial charge in [-0.1, -0.05) is 12.1 Å². The van der Waals surface area contributed by atoms with Gasteiger partial charge in [0.2, 0.25) is 0 Å². The molecule has 0 amide bonds. The Bertz CT molecular complexity index is 415. The molecule has 1 aliphatic carbocycles. The van der Waals surface area contributed by atoms with Crippen molar-refractivity contribution in [3.63, 3.8) is 0 Å². The van der Waals surface area contributed by atoms with Gasteiger partial charge in [0.25, 0.3) is 0 Å². The van der Waals surface area contributed by atoms with E-state index in [9.17, 15) is 4.79 Å². The number of aliphatic carboxylic acids is 1. The fourth-order valence-corrected chi connectivity index (χ4v) is 1.97. The van der Waals surface area contributed by atoms with Crippen molar-refractivity contribution in [1.82, 2.24) is 5.32 Å². The third-order valence-corrected chi connectivity index (χ3v) is 3.08. The molecule has 2 N–H and O–H groups in total. The average Bonchev–Trinajstić information content (AvgIpc) is 3.12. The van der Waals surface area contributed by atoms with E-state index < -0.39 is 12.0 Å². The predicted molar refractivity (Wildman–Crippen MR) is 68.8 cm³/mol. The maximum atomic E-state index is 11.0. The van der Waals surface area contributed by atoms with Crippen molar-refractivity contribution < 1.29 is 14.6 Å². The van der Waals surface area contributed by atoms with Crippen LogP contribution in [0.4, 0.5) is 0 Å². The molecule has 4 nitrogen and oxygen atoms in total. The fourth-order valence-electron chi connectivity index (χ4n) is 1.97. The quantitative estimate of drug-likeness (QED) is 0.724. The Labute approximate surface area is 107 Å². The Balaban J connectivity index is 1.70. The lowest BCUT2D eigenvalue weighted by atomic mass is 10.2. The van der Waals surface area contributed by atoms with Crippen molar-refractivity contribution >= 4 is 5.97 Å². The summed E-state index contributed by atoms with van der Waals surface area (Å²) in [6.07, 6.45) is 2.03. The molecule has 2 rings (SSSR count). The summed E-state index contributed by atoms with van der Waals surface area (Å²) in [5.74, 6) is 0.379. The van der Waals surface area contributed by atoms with Gasteiger partial charge < -0.3 is 15.2 Å². The molecule has 0 aliphatic heterocycles. The summed E-state index contributed by atoms with van der Waals surface area (Å²) in [7, 11) is 0. The van der Waals surface area contributed by atoms with Crippen molar-refractivity contribution in [2.24, 2.45) is 5.92 Å². The highest BCUT2D eigenvalue weighted by molar-refractivity contribution is 5.74. The van der Waals surface area contributed by atoms with Gasteiger partial charge in [-0.3, -0.25) is 4.79 Å². The first kappa shape index (κ1) is 12.9. The van der Waals surface area contributed by atoms with Crippen LogP contribution in [0.3, 0.4) is 0 Å². The minimum atomic E-state index is -0.756. The molecule has 4 heteroatoms. The Hall–Kier alpha value is -1.55. The predicted octanol–water partition coefficient (Wildman–Crippen LogP) is 1.83. The number of benzene rings is 1. The molecule has 1 aromatic rings. The van der Waals surface area contributed by atoms with Gasteiger partial charge in [0.15, 0.2) is 0 Å². The molecular formula is C14H19NO3. The van der Waals surface area contributed by atoms with Crippen molar-refractivity contribution in [3.05, 3.63) is 29.8 Å². The number of hydrogen-bond acceptors (Lipinski definition) is 3. The molecule has 0 radical (unpaired) electrons. The zero-order chi connectivity index (χ0) is 13.0. The van der Waals surface area contributed by atoms with E-state index in [4.69, 9.17) is 9.84 Å². The van der Waals surface area contributed by atoms with E-state index in [-0.39, 0.29) is 0 Å². The van der Waals surface area contributed by atoms with Gasteiger partial charge in [-0.15, -0.1) is 0 Å². The molecule has 18 heavy (non-hydrogen) atoms. The molecule has 1 fully saturated rings. The van der Waals surface area contributed by atoms with E-state index in [0.717, 1.165) is 24.2 Å². The van der Waals surface area contributed by atoms with Crippen molar-refractivity contribution in [1.29, 1.82) is 0 Å². The summed E-state index contributed by atoms with van der Waals surface area (Å²) in [5, 5.41) is 12.1. The van der Waals surface area contributed by atoms with Gasteiger partial charge in [-0.2, -0.15) is 0 Å². The summed E-state index contributed by atoms with van der Waals surface area (Å²) in [4.78, 5) is 11.0. The van der Waals surface area contributed by atoms with E-state index in [1.165, 1.54) is 0 Å². The monoisotopic (exact) mass is 249 g/mol. The lowest BCUT2D eigenvalue weighted by Crippen LogP contribution is -2.40. The van der Waals surface area contributed by atoms with Crippen LogP contribution < -0.4 is 10.1 Å². The SMILES string of the molecule is Cc1cccc(OCCNC(C(=O)O)C2CC2)c1.